The van der Waals surface area contributed by atoms with Crippen LogP contribution in [0, 0.1) is 0 Å². The van der Waals surface area contributed by atoms with E-state index in [1.807, 2.05) is 0 Å². The second-order valence-electron chi connectivity index (χ2n) is 5.25. The van der Waals surface area contributed by atoms with Crippen LogP contribution in [0.25, 0.3) is 0 Å². The lowest BCUT2D eigenvalue weighted by molar-refractivity contribution is -0.449. The molecule has 0 bridgehead atoms. The van der Waals surface area contributed by atoms with Crippen molar-refractivity contribution in [3.8, 4) is 0 Å². The zero-order valence-corrected chi connectivity index (χ0v) is 12.7. The number of hydrogen-bond donors (Lipinski definition) is 0. The molecule has 0 N–H and O–H groups in total. The highest BCUT2D eigenvalue weighted by atomic mass is 19.4. The molecule has 0 aromatic carbocycles. The van der Waals surface area contributed by atoms with Crippen LogP contribution in [0.2, 0.25) is 0 Å². The van der Waals surface area contributed by atoms with Crippen molar-refractivity contribution in [2.45, 2.75) is 55.1 Å². The standard InChI is InChI=1S/C11H5F15O2/c1-3(27)2-4(28)5(12,13)6(14,15)7(16,17)8(18,19)9(20,21)10(22,23)11(24,25)26/h2H2,1H3. The Bertz CT molecular complexity index is 630. The van der Waals surface area contributed by atoms with Gasteiger partial charge in [0, 0.05) is 0 Å². The Morgan fingerprint density at radius 3 is 1.11 bits per heavy atom. The van der Waals surface area contributed by atoms with E-state index < -0.39 is 59.7 Å². The normalized spacial score (nSPS) is 15.6. The Hall–Kier alpha value is -1.71. The van der Waals surface area contributed by atoms with E-state index in [-0.39, 0.29) is 6.92 Å². The fraction of sp³-hybridized carbons (Fsp3) is 0.818. The van der Waals surface area contributed by atoms with Gasteiger partial charge in [0.15, 0.2) is 0 Å². The molecular formula is C11H5F15O2. The summed E-state index contributed by atoms with van der Waals surface area (Å²) in [6, 6.07) is 0. The number of alkyl halides is 15. The first-order valence-corrected chi connectivity index (χ1v) is 6.20. The molecule has 0 atom stereocenters. The predicted molar refractivity (Wildman–Crippen MR) is 56.0 cm³/mol. The number of carbonyl (C=O) groups excluding carboxylic acids is 2. The van der Waals surface area contributed by atoms with Gasteiger partial charge in [0.05, 0.1) is 6.42 Å². The van der Waals surface area contributed by atoms with Gasteiger partial charge in [0.1, 0.15) is 5.78 Å². The van der Waals surface area contributed by atoms with E-state index in [2.05, 4.69) is 0 Å². The summed E-state index contributed by atoms with van der Waals surface area (Å²) in [5, 5.41) is 0. The third-order valence-corrected chi connectivity index (χ3v) is 3.09. The highest BCUT2D eigenvalue weighted by Crippen LogP contribution is 2.62. The highest BCUT2D eigenvalue weighted by molar-refractivity contribution is 6.02. The summed E-state index contributed by atoms with van der Waals surface area (Å²) < 4.78 is 192. The summed E-state index contributed by atoms with van der Waals surface area (Å²) in [5.41, 5.74) is 0. The zero-order chi connectivity index (χ0) is 23.4. The van der Waals surface area contributed by atoms with Crippen molar-refractivity contribution >= 4 is 11.6 Å². The molecule has 166 valence electrons. The van der Waals surface area contributed by atoms with Crippen molar-refractivity contribution in [1.82, 2.24) is 0 Å². The number of Topliss-reactive ketones (excluding diaryl/α,β-unsaturated/α-hetero) is 2. The van der Waals surface area contributed by atoms with Gasteiger partial charge in [-0.15, -0.1) is 0 Å². The number of ketones is 2. The van der Waals surface area contributed by atoms with Gasteiger partial charge in [0.25, 0.3) is 0 Å². The quantitative estimate of drug-likeness (QED) is 0.386. The van der Waals surface area contributed by atoms with Gasteiger partial charge >= 0.3 is 41.7 Å². The van der Waals surface area contributed by atoms with E-state index in [9.17, 15) is 75.4 Å². The monoisotopic (exact) mass is 454 g/mol. The molecule has 0 amide bonds. The van der Waals surface area contributed by atoms with Gasteiger partial charge in [-0.2, -0.15) is 65.9 Å². The van der Waals surface area contributed by atoms with E-state index in [1.165, 1.54) is 0 Å². The maximum atomic E-state index is 13.2. The van der Waals surface area contributed by atoms with Gasteiger partial charge in [-0.05, 0) is 6.92 Å². The summed E-state index contributed by atoms with van der Waals surface area (Å²) in [6.45, 7) is 0.247. The lowest BCUT2D eigenvalue weighted by Gasteiger charge is -2.41. The Labute approximate surface area is 143 Å². The largest absolute Gasteiger partial charge is 0.460 e. The van der Waals surface area contributed by atoms with Crippen molar-refractivity contribution in [2.75, 3.05) is 0 Å². The Morgan fingerprint density at radius 2 is 0.821 bits per heavy atom. The van der Waals surface area contributed by atoms with Gasteiger partial charge in [-0.3, -0.25) is 9.59 Å². The first kappa shape index (κ1) is 26.3. The van der Waals surface area contributed by atoms with E-state index in [1.54, 1.807) is 0 Å². The van der Waals surface area contributed by atoms with Crippen molar-refractivity contribution < 1.29 is 75.4 Å². The molecule has 0 unspecified atom stereocenters. The molecule has 0 heterocycles. The third-order valence-electron chi connectivity index (χ3n) is 3.09. The minimum Gasteiger partial charge on any atom is -0.300 e. The number of carbonyl (C=O) groups is 2. The maximum Gasteiger partial charge on any atom is 0.460 e. The molecule has 0 aliphatic rings. The van der Waals surface area contributed by atoms with Crippen LogP contribution in [-0.2, 0) is 9.59 Å². The van der Waals surface area contributed by atoms with Gasteiger partial charge in [0.2, 0.25) is 5.78 Å². The molecule has 2 nitrogen and oxygen atoms in total. The molecule has 0 aliphatic carbocycles. The maximum absolute atomic E-state index is 13.2. The molecule has 17 heteroatoms. The molecule has 0 rings (SSSR count). The van der Waals surface area contributed by atoms with Crippen molar-refractivity contribution in [3.63, 3.8) is 0 Å². The van der Waals surface area contributed by atoms with E-state index >= 15 is 0 Å². The number of halogens is 15. The van der Waals surface area contributed by atoms with Crippen LogP contribution in [0.4, 0.5) is 65.9 Å². The predicted octanol–water partition coefficient (Wildman–Crippen LogP) is 4.91. The van der Waals surface area contributed by atoms with Crippen LogP contribution < -0.4 is 0 Å². The number of rotatable bonds is 8. The summed E-state index contributed by atoms with van der Waals surface area (Å²) in [5.74, 6) is -53.4. The molecule has 0 aliphatic heterocycles. The van der Waals surface area contributed by atoms with Crippen LogP contribution in [0.5, 0.6) is 0 Å². The van der Waals surface area contributed by atoms with E-state index in [4.69, 9.17) is 0 Å². The van der Waals surface area contributed by atoms with Crippen molar-refractivity contribution in [3.05, 3.63) is 0 Å². The number of hydrogen-bond acceptors (Lipinski definition) is 2. The summed E-state index contributed by atoms with van der Waals surface area (Å²) in [7, 11) is 0. The second-order valence-corrected chi connectivity index (χ2v) is 5.25. The minimum atomic E-state index is -8.46. The molecule has 0 aromatic heterocycles. The average Bonchev–Trinajstić information content (AvgIpc) is 2.43. The molecule has 0 saturated heterocycles. The van der Waals surface area contributed by atoms with Gasteiger partial charge < -0.3 is 0 Å². The molecule has 0 saturated carbocycles. The van der Waals surface area contributed by atoms with Crippen molar-refractivity contribution in [1.29, 1.82) is 0 Å². The molecule has 0 radical (unpaired) electrons. The Morgan fingerprint density at radius 1 is 0.536 bits per heavy atom. The van der Waals surface area contributed by atoms with Crippen molar-refractivity contribution in [2.24, 2.45) is 0 Å². The van der Waals surface area contributed by atoms with Crippen LogP contribution >= 0.6 is 0 Å². The van der Waals surface area contributed by atoms with E-state index in [0.717, 1.165) is 0 Å². The highest BCUT2D eigenvalue weighted by Gasteiger charge is 2.93. The molecule has 28 heavy (non-hydrogen) atoms. The Kier molecular flexibility index (Phi) is 6.26. The summed E-state index contributed by atoms with van der Waals surface area (Å²) >= 11 is 0. The molecule has 0 fully saturated rings. The molecule has 0 spiro atoms. The Balaban J connectivity index is 6.55. The summed E-state index contributed by atoms with van der Waals surface area (Å²) in [4.78, 5) is 21.2. The van der Waals surface area contributed by atoms with Crippen LogP contribution in [0.3, 0.4) is 0 Å². The van der Waals surface area contributed by atoms with Gasteiger partial charge in [-0.25, -0.2) is 0 Å². The lowest BCUT2D eigenvalue weighted by Crippen LogP contribution is -2.73. The van der Waals surface area contributed by atoms with E-state index in [0.29, 0.717) is 0 Å². The fourth-order valence-electron chi connectivity index (χ4n) is 1.48. The molecular weight excluding hydrogens is 449 g/mol. The first-order valence-electron chi connectivity index (χ1n) is 6.20. The SMILES string of the molecule is CC(=O)CC(=O)C(F)(F)C(F)(F)C(F)(F)C(F)(F)C(F)(F)C(F)(F)C(F)(F)F. The average molecular weight is 454 g/mol. The topological polar surface area (TPSA) is 34.1 Å². The zero-order valence-electron chi connectivity index (χ0n) is 12.7. The third kappa shape index (κ3) is 3.40. The van der Waals surface area contributed by atoms with Crippen LogP contribution in [-0.4, -0.2) is 53.3 Å². The van der Waals surface area contributed by atoms with Crippen LogP contribution in [0.1, 0.15) is 13.3 Å². The second kappa shape index (κ2) is 6.67. The minimum absolute atomic E-state index is 0.247. The van der Waals surface area contributed by atoms with Gasteiger partial charge in [-0.1, -0.05) is 0 Å². The van der Waals surface area contributed by atoms with Crippen LogP contribution in [0.15, 0.2) is 0 Å². The smallest absolute Gasteiger partial charge is 0.300 e. The lowest BCUT2D eigenvalue weighted by atomic mass is 9.89. The fourth-order valence-corrected chi connectivity index (χ4v) is 1.48. The first-order chi connectivity index (χ1) is 11.8. The molecule has 0 aromatic rings. The summed E-state index contributed by atoms with van der Waals surface area (Å²) in [6.07, 6.45) is -10.0.